The second kappa shape index (κ2) is 6.17. The van der Waals surface area contributed by atoms with Gasteiger partial charge in [-0.15, -0.1) is 0 Å². The smallest absolute Gasteiger partial charge is 0.254 e. The van der Waals surface area contributed by atoms with Crippen LogP contribution in [0.3, 0.4) is 0 Å². The summed E-state index contributed by atoms with van der Waals surface area (Å²) >= 11 is 0. The Morgan fingerprint density at radius 1 is 1.33 bits per heavy atom. The minimum atomic E-state index is -0.614. The molecule has 110 valence electrons. The maximum atomic E-state index is 13.0. The van der Waals surface area contributed by atoms with Crippen molar-refractivity contribution in [2.24, 2.45) is 5.73 Å². The molecule has 0 atom stereocenters. The van der Waals surface area contributed by atoms with Crippen molar-refractivity contribution < 1.29 is 13.9 Å². The Kier molecular flexibility index (Phi) is 4.32. The van der Waals surface area contributed by atoms with E-state index < -0.39 is 11.9 Å². The van der Waals surface area contributed by atoms with E-state index in [-0.39, 0.29) is 11.4 Å². The first kappa shape index (κ1) is 14.7. The second-order valence-electron chi connectivity index (χ2n) is 4.24. The lowest BCUT2D eigenvalue weighted by molar-refractivity contribution is 0.0996. The van der Waals surface area contributed by atoms with E-state index in [4.69, 9.17) is 10.5 Å². The van der Waals surface area contributed by atoms with Gasteiger partial charge in [0, 0.05) is 0 Å². The Balaban J connectivity index is 2.32. The van der Waals surface area contributed by atoms with Crippen molar-refractivity contribution in [1.82, 2.24) is 9.97 Å². The normalized spacial score (nSPS) is 10.2. The standard InChI is InChI=1S/C14H15FN4O2/c1-3-21-14-9(13(16)20)4-7-12(19-14)18-10-5-6-11(15)17-8(10)2/h4-7H,3H2,1-2H3,(H2,16,20)(H,18,19). The number of amides is 1. The first-order valence-electron chi connectivity index (χ1n) is 6.35. The molecule has 6 nitrogen and oxygen atoms in total. The van der Waals surface area contributed by atoms with E-state index in [1.807, 2.05) is 0 Å². The predicted molar refractivity (Wildman–Crippen MR) is 76.1 cm³/mol. The van der Waals surface area contributed by atoms with Gasteiger partial charge in [0.05, 0.1) is 18.0 Å². The van der Waals surface area contributed by atoms with E-state index in [1.54, 1.807) is 26.0 Å². The van der Waals surface area contributed by atoms with Crippen molar-refractivity contribution in [2.45, 2.75) is 13.8 Å². The quantitative estimate of drug-likeness (QED) is 0.824. The van der Waals surface area contributed by atoms with E-state index in [0.717, 1.165) is 0 Å². The van der Waals surface area contributed by atoms with Crippen molar-refractivity contribution in [3.05, 3.63) is 41.5 Å². The molecule has 0 aromatic carbocycles. The summed E-state index contributed by atoms with van der Waals surface area (Å²) in [7, 11) is 0. The Hall–Kier alpha value is -2.70. The number of aromatic nitrogens is 2. The van der Waals surface area contributed by atoms with Crippen LogP contribution in [0.25, 0.3) is 0 Å². The molecule has 0 aliphatic rings. The molecule has 21 heavy (non-hydrogen) atoms. The predicted octanol–water partition coefficient (Wildman–Crippen LogP) is 2.17. The highest BCUT2D eigenvalue weighted by atomic mass is 19.1. The number of hydrogen-bond acceptors (Lipinski definition) is 5. The van der Waals surface area contributed by atoms with Gasteiger partial charge in [0.1, 0.15) is 11.4 Å². The van der Waals surface area contributed by atoms with Crippen molar-refractivity contribution in [3.63, 3.8) is 0 Å². The third kappa shape index (κ3) is 3.44. The Labute approximate surface area is 121 Å². The highest BCUT2D eigenvalue weighted by molar-refractivity contribution is 5.95. The summed E-state index contributed by atoms with van der Waals surface area (Å²) in [5.74, 6) is -0.565. The lowest BCUT2D eigenvalue weighted by Gasteiger charge is -2.11. The van der Waals surface area contributed by atoms with Crippen LogP contribution in [-0.2, 0) is 0 Å². The van der Waals surface area contributed by atoms with Gasteiger partial charge in [-0.2, -0.15) is 9.37 Å². The lowest BCUT2D eigenvalue weighted by atomic mass is 10.2. The van der Waals surface area contributed by atoms with Crippen LogP contribution in [0.2, 0.25) is 0 Å². The summed E-state index contributed by atoms with van der Waals surface area (Å²) in [5, 5.41) is 2.99. The number of aryl methyl sites for hydroxylation is 1. The van der Waals surface area contributed by atoms with E-state index in [9.17, 15) is 9.18 Å². The molecule has 0 fully saturated rings. The topological polar surface area (TPSA) is 90.1 Å². The summed E-state index contributed by atoms with van der Waals surface area (Å²) in [4.78, 5) is 19.2. The Morgan fingerprint density at radius 3 is 2.71 bits per heavy atom. The van der Waals surface area contributed by atoms with E-state index in [0.29, 0.717) is 23.8 Å². The number of anilines is 2. The summed E-state index contributed by atoms with van der Waals surface area (Å²) < 4.78 is 18.3. The molecule has 0 aliphatic heterocycles. The van der Waals surface area contributed by atoms with Crippen LogP contribution >= 0.6 is 0 Å². The molecule has 7 heteroatoms. The fourth-order valence-corrected chi connectivity index (χ4v) is 1.74. The monoisotopic (exact) mass is 290 g/mol. The zero-order valence-corrected chi connectivity index (χ0v) is 11.7. The Bertz CT molecular complexity index is 676. The van der Waals surface area contributed by atoms with Gasteiger partial charge < -0.3 is 15.8 Å². The van der Waals surface area contributed by atoms with Crippen molar-refractivity contribution in [2.75, 3.05) is 11.9 Å². The zero-order chi connectivity index (χ0) is 15.4. The molecule has 2 aromatic heterocycles. The maximum Gasteiger partial charge on any atom is 0.254 e. The van der Waals surface area contributed by atoms with Gasteiger partial charge >= 0.3 is 0 Å². The number of halogens is 1. The Morgan fingerprint density at radius 2 is 2.10 bits per heavy atom. The second-order valence-corrected chi connectivity index (χ2v) is 4.24. The van der Waals surface area contributed by atoms with Crippen molar-refractivity contribution >= 4 is 17.4 Å². The van der Waals surface area contributed by atoms with Gasteiger partial charge in [0.2, 0.25) is 11.8 Å². The minimum Gasteiger partial charge on any atom is -0.477 e. The zero-order valence-electron chi connectivity index (χ0n) is 11.7. The van der Waals surface area contributed by atoms with Gasteiger partial charge in [-0.25, -0.2) is 4.98 Å². The molecule has 0 bridgehead atoms. The average molecular weight is 290 g/mol. The summed E-state index contributed by atoms with van der Waals surface area (Å²) in [6.45, 7) is 3.81. The number of ether oxygens (including phenoxy) is 1. The number of primary amides is 1. The first-order chi connectivity index (χ1) is 10.0. The van der Waals surface area contributed by atoms with Crippen LogP contribution in [0.1, 0.15) is 23.0 Å². The first-order valence-corrected chi connectivity index (χ1v) is 6.35. The molecule has 2 aromatic rings. The number of carbonyl (C=O) groups excluding carboxylic acids is 1. The van der Waals surface area contributed by atoms with Crippen LogP contribution in [0.5, 0.6) is 5.88 Å². The fourth-order valence-electron chi connectivity index (χ4n) is 1.74. The summed E-state index contributed by atoms with van der Waals surface area (Å²) in [5.41, 5.74) is 6.57. The van der Waals surface area contributed by atoms with Crippen molar-refractivity contribution in [3.8, 4) is 5.88 Å². The number of nitrogens with one attached hydrogen (secondary N) is 1. The third-order valence-corrected chi connectivity index (χ3v) is 2.72. The summed E-state index contributed by atoms with van der Waals surface area (Å²) in [6, 6.07) is 5.92. The lowest BCUT2D eigenvalue weighted by Crippen LogP contribution is -2.14. The maximum absolute atomic E-state index is 13.0. The molecule has 2 heterocycles. The highest BCUT2D eigenvalue weighted by Gasteiger charge is 2.12. The summed E-state index contributed by atoms with van der Waals surface area (Å²) in [6.07, 6.45) is 0. The number of pyridine rings is 2. The van der Waals surface area contributed by atoms with E-state index in [2.05, 4.69) is 15.3 Å². The number of hydrogen-bond donors (Lipinski definition) is 2. The molecule has 2 rings (SSSR count). The average Bonchev–Trinajstić information content (AvgIpc) is 2.42. The van der Waals surface area contributed by atoms with E-state index >= 15 is 0 Å². The van der Waals surface area contributed by atoms with Crippen LogP contribution in [0, 0.1) is 12.9 Å². The SMILES string of the molecule is CCOc1nc(Nc2ccc(F)nc2C)ccc1C(N)=O. The molecule has 3 N–H and O–H groups in total. The molecule has 0 saturated carbocycles. The molecule has 0 aliphatic carbocycles. The highest BCUT2D eigenvalue weighted by Crippen LogP contribution is 2.22. The molecule has 0 spiro atoms. The third-order valence-electron chi connectivity index (χ3n) is 2.72. The van der Waals surface area contributed by atoms with Gasteiger partial charge in [-0.05, 0) is 38.1 Å². The molecule has 0 saturated heterocycles. The van der Waals surface area contributed by atoms with Gasteiger partial charge in [0.25, 0.3) is 5.91 Å². The number of rotatable bonds is 5. The molecular weight excluding hydrogens is 275 g/mol. The van der Waals surface area contributed by atoms with Crippen LogP contribution in [0.4, 0.5) is 15.9 Å². The van der Waals surface area contributed by atoms with Crippen LogP contribution < -0.4 is 15.8 Å². The minimum absolute atomic E-state index is 0.155. The molecule has 0 radical (unpaired) electrons. The number of nitrogens with two attached hydrogens (primary N) is 1. The van der Waals surface area contributed by atoms with E-state index in [1.165, 1.54) is 12.1 Å². The van der Waals surface area contributed by atoms with Gasteiger partial charge in [0.15, 0.2) is 0 Å². The molecule has 1 amide bonds. The molecular formula is C14H15FN4O2. The fraction of sp³-hybridized carbons (Fsp3) is 0.214. The van der Waals surface area contributed by atoms with Crippen molar-refractivity contribution in [1.29, 1.82) is 0 Å². The molecule has 0 unspecified atom stereocenters. The van der Waals surface area contributed by atoms with Gasteiger partial charge in [-0.1, -0.05) is 0 Å². The largest absolute Gasteiger partial charge is 0.477 e. The number of carbonyl (C=O) groups is 1. The van der Waals surface area contributed by atoms with Crippen LogP contribution in [-0.4, -0.2) is 22.5 Å². The number of nitrogens with zero attached hydrogens (tertiary/aromatic N) is 2. The van der Waals surface area contributed by atoms with Crippen LogP contribution in [0.15, 0.2) is 24.3 Å². The van der Waals surface area contributed by atoms with Gasteiger partial charge in [-0.3, -0.25) is 4.79 Å².